The highest BCUT2D eigenvalue weighted by molar-refractivity contribution is 5.86. The molecule has 0 aliphatic carbocycles. The Hall–Kier alpha value is -1.38. The molecule has 0 spiro atoms. The van der Waals surface area contributed by atoms with Crippen LogP contribution in [0.25, 0.3) is 0 Å². The SMILES string of the molecule is CC(C)(C)c1ccc(F)c(C=N)c1N. The molecule has 0 fully saturated rings. The highest BCUT2D eigenvalue weighted by Gasteiger charge is 2.19. The van der Waals surface area contributed by atoms with Crippen LogP contribution < -0.4 is 5.73 Å². The van der Waals surface area contributed by atoms with Crippen LogP contribution in [0, 0.1) is 11.2 Å². The third-order valence-corrected chi connectivity index (χ3v) is 2.19. The maximum absolute atomic E-state index is 13.2. The molecule has 1 aromatic carbocycles. The van der Waals surface area contributed by atoms with E-state index >= 15 is 0 Å². The van der Waals surface area contributed by atoms with Gasteiger partial charge in [-0.3, -0.25) is 0 Å². The molecule has 0 heterocycles. The van der Waals surface area contributed by atoms with E-state index in [1.54, 1.807) is 6.07 Å². The summed E-state index contributed by atoms with van der Waals surface area (Å²) in [6.45, 7) is 6.01. The van der Waals surface area contributed by atoms with Gasteiger partial charge in [-0.05, 0) is 17.0 Å². The van der Waals surface area contributed by atoms with E-state index in [1.165, 1.54) is 6.07 Å². The van der Waals surface area contributed by atoms with Crippen LogP contribution in [0.1, 0.15) is 31.9 Å². The van der Waals surface area contributed by atoms with Gasteiger partial charge in [0, 0.05) is 11.9 Å². The maximum atomic E-state index is 13.2. The molecule has 76 valence electrons. The summed E-state index contributed by atoms with van der Waals surface area (Å²) in [6, 6.07) is 3.04. The van der Waals surface area contributed by atoms with Gasteiger partial charge < -0.3 is 11.1 Å². The fourth-order valence-electron chi connectivity index (χ4n) is 1.41. The molecular formula is C11H15FN2. The summed E-state index contributed by atoms with van der Waals surface area (Å²) < 4.78 is 13.2. The lowest BCUT2D eigenvalue weighted by Crippen LogP contribution is -2.15. The first-order valence-corrected chi connectivity index (χ1v) is 4.47. The first kappa shape index (κ1) is 10.7. The topological polar surface area (TPSA) is 49.9 Å². The van der Waals surface area contributed by atoms with Crippen molar-refractivity contribution in [2.75, 3.05) is 5.73 Å². The molecule has 0 atom stereocenters. The summed E-state index contributed by atoms with van der Waals surface area (Å²) >= 11 is 0. The second-order valence-corrected chi connectivity index (χ2v) is 4.32. The van der Waals surface area contributed by atoms with Gasteiger partial charge in [0.05, 0.1) is 5.56 Å². The zero-order chi connectivity index (χ0) is 10.9. The van der Waals surface area contributed by atoms with Crippen molar-refractivity contribution in [2.45, 2.75) is 26.2 Å². The van der Waals surface area contributed by atoms with Gasteiger partial charge in [0.2, 0.25) is 0 Å². The number of rotatable bonds is 1. The van der Waals surface area contributed by atoms with Crippen molar-refractivity contribution in [3.05, 3.63) is 29.1 Å². The third kappa shape index (κ3) is 1.76. The number of halogens is 1. The van der Waals surface area contributed by atoms with Gasteiger partial charge >= 0.3 is 0 Å². The maximum Gasteiger partial charge on any atom is 0.134 e. The van der Waals surface area contributed by atoms with E-state index in [0.717, 1.165) is 11.8 Å². The van der Waals surface area contributed by atoms with Crippen molar-refractivity contribution < 1.29 is 4.39 Å². The molecule has 0 aliphatic rings. The molecular weight excluding hydrogens is 179 g/mol. The Kier molecular flexibility index (Phi) is 2.60. The van der Waals surface area contributed by atoms with Crippen LogP contribution in [0.3, 0.4) is 0 Å². The van der Waals surface area contributed by atoms with Crippen LogP contribution in [-0.4, -0.2) is 6.21 Å². The molecule has 1 aromatic rings. The highest BCUT2D eigenvalue weighted by Crippen LogP contribution is 2.30. The molecule has 0 unspecified atom stereocenters. The summed E-state index contributed by atoms with van der Waals surface area (Å²) in [6.07, 6.45) is 0.958. The molecule has 0 saturated heterocycles. The molecule has 0 aliphatic heterocycles. The van der Waals surface area contributed by atoms with Gasteiger partial charge in [0.25, 0.3) is 0 Å². The minimum absolute atomic E-state index is 0.129. The van der Waals surface area contributed by atoms with E-state index in [-0.39, 0.29) is 11.0 Å². The Morgan fingerprint density at radius 3 is 2.36 bits per heavy atom. The fraction of sp³-hybridized carbons (Fsp3) is 0.364. The summed E-state index contributed by atoms with van der Waals surface area (Å²) in [4.78, 5) is 0. The molecule has 1 rings (SSSR count). The van der Waals surface area contributed by atoms with Gasteiger partial charge in [-0.1, -0.05) is 26.8 Å². The average Bonchev–Trinajstić information content (AvgIpc) is 2.02. The minimum atomic E-state index is -0.439. The Balaban J connectivity index is 3.43. The molecule has 0 bridgehead atoms. The van der Waals surface area contributed by atoms with E-state index in [2.05, 4.69) is 0 Å². The van der Waals surface area contributed by atoms with Crippen LogP contribution in [-0.2, 0) is 5.41 Å². The van der Waals surface area contributed by atoms with E-state index in [1.807, 2.05) is 20.8 Å². The number of anilines is 1. The largest absolute Gasteiger partial charge is 0.398 e. The zero-order valence-corrected chi connectivity index (χ0v) is 8.69. The van der Waals surface area contributed by atoms with E-state index < -0.39 is 5.82 Å². The van der Waals surface area contributed by atoms with E-state index in [4.69, 9.17) is 11.1 Å². The third-order valence-electron chi connectivity index (χ3n) is 2.19. The molecule has 14 heavy (non-hydrogen) atoms. The van der Waals surface area contributed by atoms with Gasteiger partial charge in [0.1, 0.15) is 5.82 Å². The number of hydrogen-bond donors (Lipinski definition) is 2. The van der Waals surface area contributed by atoms with Crippen molar-refractivity contribution in [1.29, 1.82) is 5.41 Å². The van der Waals surface area contributed by atoms with Crippen molar-refractivity contribution >= 4 is 11.9 Å². The van der Waals surface area contributed by atoms with Crippen molar-refractivity contribution in [1.82, 2.24) is 0 Å². The molecule has 0 aromatic heterocycles. The minimum Gasteiger partial charge on any atom is -0.398 e. The van der Waals surface area contributed by atoms with Crippen LogP contribution >= 0.6 is 0 Å². The number of nitrogen functional groups attached to an aromatic ring is 1. The summed E-state index contributed by atoms with van der Waals surface area (Å²) in [5.74, 6) is -0.439. The lowest BCUT2D eigenvalue weighted by molar-refractivity contribution is 0.585. The quantitative estimate of drug-likeness (QED) is 0.524. The standard InChI is InChI=1S/C11H15FN2/c1-11(2,3)8-4-5-9(12)7(6-13)10(8)14/h4-6,13H,14H2,1-3H3. The highest BCUT2D eigenvalue weighted by atomic mass is 19.1. The second kappa shape index (κ2) is 3.40. The van der Waals surface area contributed by atoms with Gasteiger partial charge in [-0.25, -0.2) is 4.39 Å². The Bertz CT molecular complexity index is 364. The molecule has 0 saturated carbocycles. The Labute approximate surface area is 83.4 Å². The predicted molar refractivity (Wildman–Crippen MR) is 57.4 cm³/mol. The normalized spacial score (nSPS) is 11.4. The smallest absolute Gasteiger partial charge is 0.134 e. The molecule has 3 N–H and O–H groups in total. The summed E-state index contributed by atoms with van der Waals surface area (Å²) in [5.41, 5.74) is 7.08. The number of hydrogen-bond acceptors (Lipinski definition) is 2. The van der Waals surface area contributed by atoms with Gasteiger partial charge in [-0.2, -0.15) is 0 Å². The fourth-order valence-corrected chi connectivity index (χ4v) is 1.41. The average molecular weight is 194 g/mol. The number of nitrogens with two attached hydrogens (primary N) is 1. The second-order valence-electron chi connectivity index (χ2n) is 4.32. The van der Waals surface area contributed by atoms with Crippen LogP contribution in [0.2, 0.25) is 0 Å². The van der Waals surface area contributed by atoms with E-state index in [0.29, 0.717) is 5.69 Å². The van der Waals surface area contributed by atoms with Crippen LogP contribution in [0.5, 0.6) is 0 Å². The summed E-state index contributed by atoms with van der Waals surface area (Å²) in [5, 5.41) is 7.08. The number of nitrogens with one attached hydrogen (secondary N) is 1. The van der Waals surface area contributed by atoms with Crippen molar-refractivity contribution in [3.63, 3.8) is 0 Å². The first-order valence-electron chi connectivity index (χ1n) is 4.47. The predicted octanol–water partition coefficient (Wildman–Crippen LogP) is 2.70. The zero-order valence-electron chi connectivity index (χ0n) is 8.69. The molecule has 2 nitrogen and oxygen atoms in total. The number of benzene rings is 1. The Morgan fingerprint density at radius 1 is 1.36 bits per heavy atom. The lowest BCUT2D eigenvalue weighted by atomic mass is 9.84. The first-order chi connectivity index (χ1) is 6.38. The monoisotopic (exact) mass is 194 g/mol. The molecule has 3 heteroatoms. The van der Waals surface area contributed by atoms with Gasteiger partial charge in [0.15, 0.2) is 0 Å². The van der Waals surface area contributed by atoms with Crippen molar-refractivity contribution in [3.8, 4) is 0 Å². The Morgan fingerprint density at radius 2 is 1.93 bits per heavy atom. The lowest BCUT2D eigenvalue weighted by Gasteiger charge is -2.22. The summed E-state index contributed by atoms with van der Waals surface area (Å²) in [7, 11) is 0. The van der Waals surface area contributed by atoms with Crippen molar-refractivity contribution in [2.24, 2.45) is 0 Å². The van der Waals surface area contributed by atoms with Crippen LogP contribution in [0.15, 0.2) is 12.1 Å². The molecule has 0 amide bonds. The molecule has 0 radical (unpaired) electrons. The van der Waals surface area contributed by atoms with E-state index in [9.17, 15) is 4.39 Å². The van der Waals surface area contributed by atoms with Gasteiger partial charge in [-0.15, -0.1) is 0 Å². The van der Waals surface area contributed by atoms with Crippen LogP contribution in [0.4, 0.5) is 10.1 Å².